The van der Waals surface area contributed by atoms with Crippen LogP contribution < -0.4 is 5.32 Å². The van der Waals surface area contributed by atoms with Gasteiger partial charge in [0, 0.05) is 6.04 Å². The Morgan fingerprint density at radius 3 is 2.43 bits per heavy atom. The third-order valence-electron chi connectivity index (χ3n) is 3.93. The highest BCUT2D eigenvalue weighted by Crippen LogP contribution is 2.20. The molecule has 1 amide bonds. The minimum Gasteiger partial charge on any atom is -0.348 e. The molecule has 0 unspecified atom stereocenters. The minimum absolute atomic E-state index is 0.0164. The van der Waals surface area contributed by atoms with E-state index < -0.39 is 0 Å². The first-order valence-electron chi connectivity index (χ1n) is 7.45. The fraction of sp³-hybridized carbons (Fsp3) is 0.389. The number of nitrogens with one attached hydrogen (secondary N) is 1. The Morgan fingerprint density at radius 2 is 1.76 bits per heavy atom. The van der Waals surface area contributed by atoms with Crippen molar-refractivity contribution in [3.8, 4) is 0 Å². The van der Waals surface area contributed by atoms with Crippen molar-refractivity contribution in [2.45, 2.75) is 32.9 Å². The lowest BCUT2D eigenvalue weighted by Gasteiger charge is -2.22. The van der Waals surface area contributed by atoms with Crippen LogP contribution in [0.25, 0.3) is 10.8 Å². The molecule has 2 aromatic carbocycles. The highest BCUT2D eigenvalue weighted by atomic mass is 16.2. The molecule has 1 atom stereocenters. The molecule has 0 heterocycles. The fourth-order valence-corrected chi connectivity index (χ4v) is 2.26. The zero-order valence-corrected chi connectivity index (χ0v) is 13.3. The van der Waals surface area contributed by atoms with Crippen molar-refractivity contribution < 1.29 is 4.79 Å². The summed E-state index contributed by atoms with van der Waals surface area (Å²) in [6.45, 7) is 6.62. The summed E-state index contributed by atoms with van der Waals surface area (Å²) >= 11 is 0. The molecule has 0 aliphatic rings. The smallest absolute Gasteiger partial charge is 0.234 e. The second-order valence-electron chi connectivity index (χ2n) is 5.90. The van der Waals surface area contributed by atoms with E-state index in [-0.39, 0.29) is 11.9 Å². The predicted molar refractivity (Wildman–Crippen MR) is 88.3 cm³/mol. The van der Waals surface area contributed by atoms with Crippen molar-refractivity contribution in [2.24, 2.45) is 0 Å². The molecule has 112 valence electrons. The SMILES string of the molecule is CC(C)N(C)CC(=O)N[C@@H](C)c1ccc2ccccc2c1. The number of hydrogen-bond donors (Lipinski definition) is 1. The van der Waals surface area contributed by atoms with Crippen LogP contribution >= 0.6 is 0 Å². The van der Waals surface area contributed by atoms with Gasteiger partial charge in [0.25, 0.3) is 0 Å². The second kappa shape index (κ2) is 6.72. The summed E-state index contributed by atoms with van der Waals surface area (Å²) in [5.41, 5.74) is 1.13. The first-order chi connectivity index (χ1) is 9.97. The fourth-order valence-electron chi connectivity index (χ4n) is 2.26. The quantitative estimate of drug-likeness (QED) is 0.913. The van der Waals surface area contributed by atoms with E-state index >= 15 is 0 Å². The number of amides is 1. The molecule has 2 aromatic rings. The van der Waals surface area contributed by atoms with E-state index in [1.165, 1.54) is 10.8 Å². The molecule has 3 nitrogen and oxygen atoms in total. The molecule has 0 radical (unpaired) electrons. The lowest BCUT2D eigenvalue weighted by molar-refractivity contribution is -0.122. The third-order valence-corrected chi connectivity index (χ3v) is 3.93. The lowest BCUT2D eigenvalue weighted by Crippen LogP contribution is -2.39. The number of rotatable bonds is 5. The summed E-state index contributed by atoms with van der Waals surface area (Å²) in [5, 5.41) is 5.49. The highest BCUT2D eigenvalue weighted by Gasteiger charge is 2.13. The van der Waals surface area contributed by atoms with Crippen molar-refractivity contribution in [1.82, 2.24) is 10.2 Å². The number of likely N-dealkylation sites (N-methyl/N-ethyl adjacent to an activating group) is 1. The van der Waals surface area contributed by atoms with E-state index in [0.717, 1.165) is 5.56 Å². The molecular weight excluding hydrogens is 260 g/mol. The summed E-state index contributed by atoms with van der Waals surface area (Å²) < 4.78 is 0. The number of nitrogens with zero attached hydrogens (tertiary/aromatic N) is 1. The molecule has 0 fully saturated rings. The molecule has 0 aliphatic heterocycles. The van der Waals surface area contributed by atoms with Crippen molar-refractivity contribution in [3.63, 3.8) is 0 Å². The van der Waals surface area contributed by atoms with Crippen LogP contribution in [-0.2, 0) is 4.79 Å². The third kappa shape index (κ3) is 4.05. The Hall–Kier alpha value is -1.87. The molecule has 0 bridgehead atoms. The van der Waals surface area contributed by atoms with Gasteiger partial charge in [-0.05, 0) is 50.2 Å². The van der Waals surface area contributed by atoms with E-state index in [1.54, 1.807) is 0 Å². The number of hydrogen-bond acceptors (Lipinski definition) is 2. The van der Waals surface area contributed by atoms with Crippen LogP contribution in [-0.4, -0.2) is 30.4 Å². The van der Waals surface area contributed by atoms with Gasteiger partial charge in [-0.15, -0.1) is 0 Å². The van der Waals surface area contributed by atoms with E-state index in [2.05, 4.69) is 49.5 Å². The van der Waals surface area contributed by atoms with E-state index in [0.29, 0.717) is 12.6 Å². The average molecular weight is 284 g/mol. The van der Waals surface area contributed by atoms with Gasteiger partial charge in [-0.1, -0.05) is 36.4 Å². The standard InChI is InChI=1S/C18H24N2O/c1-13(2)20(4)12-18(21)19-14(3)16-10-9-15-7-5-6-8-17(15)11-16/h5-11,13-14H,12H2,1-4H3,(H,19,21)/t14-/m0/s1. The molecule has 21 heavy (non-hydrogen) atoms. The minimum atomic E-state index is 0.0164. The van der Waals surface area contributed by atoms with Crippen molar-refractivity contribution in [1.29, 1.82) is 0 Å². The van der Waals surface area contributed by atoms with Gasteiger partial charge in [-0.3, -0.25) is 9.69 Å². The molecule has 1 N–H and O–H groups in total. The van der Waals surface area contributed by atoms with Crippen LogP contribution in [0.3, 0.4) is 0 Å². The first-order valence-corrected chi connectivity index (χ1v) is 7.45. The van der Waals surface area contributed by atoms with Gasteiger partial charge in [0.2, 0.25) is 5.91 Å². The Kier molecular flexibility index (Phi) is 4.97. The van der Waals surface area contributed by atoms with Crippen LogP contribution in [0.5, 0.6) is 0 Å². The van der Waals surface area contributed by atoms with Crippen LogP contribution in [0.1, 0.15) is 32.4 Å². The number of benzene rings is 2. The number of carbonyl (C=O) groups is 1. The number of fused-ring (bicyclic) bond motifs is 1. The van der Waals surface area contributed by atoms with Gasteiger partial charge in [0.05, 0.1) is 12.6 Å². The van der Waals surface area contributed by atoms with Crippen LogP contribution in [0.15, 0.2) is 42.5 Å². The van der Waals surface area contributed by atoms with Gasteiger partial charge >= 0.3 is 0 Å². The van der Waals surface area contributed by atoms with Crippen LogP contribution in [0.4, 0.5) is 0 Å². The molecule has 0 saturated heterocycles. The van der Waals surface area contributed by atoms with Crippen LogP contribution in [0.2, 0.25) is 0 Å². The zero-order valence-electron chi connectivity index (χ0n) is 13.3. The Labute approximate surface area is 127 Å². The molecule has 0 saturated carbocycles. The largest absolute Gasteiger partial charge is 0.348 e. The monoisotopic (exact) mass is 284 g/mol. The first kappa shape index (κ1) is 15.5. The van der Waals surface area contributed by atoms with E-state index in [1.807, 2.05) is 31.0 Å². The van der Waals surface area contributed by atoms with Crippen molar-refractivity contribution in [3.05, 3.63) is 48.0 Å². The summed E-state index contributed by atoms with van der Waals surface area (Å²) in [6.07, 6.45) is 0. The van der Waals surface area contributed by atoms with Gasteiger partial charge in [-0.25, -0.2) is 0 Å². The molecule has 0 spiro atoms. The summed E-state index contributed by atoms with van der Waals surface area (Å²) in [6, 6.07) is 15.0. The lowest BCUT2D eigenvalue weighted by atomic mass is 10.0. The molecule has 2 rings (SSSR count). The highest BCUT2D eigenvalue weighted by molar-refractivity contribution is 5.83. The van der Waals surface area contributed by atoms with Gasteiger partial charge in [0.1, 0.15) is 0 Å². The van der Waals surface area contributed by atoms with Gasteiger partial charge < -0.3 is 5.32 Å². The summed E-state index contributed by atoms with van der Waals surface area (Å²) in [4.78, 5) is 14.1. The maximum absolute atomic E-state index is 12.1. The molecule has 3 heteroatoms. The van der Waals surface area contributed by atoms with Crippen LogP contribution in [0, 0.1) is 0 Å². The maximum atomic E-state index is 12.1. The second-order valence-corrected chi connectivity index (χ2v) is 5.90. The topological polar surface area (TPSA) is 32.3 Å². The summed E-state index contributed by atoms with van der Waals surface area (Å²) in [7, 11) is 1.96. The number of carbonyl (C=O) groups excluding carboxylic acids is 1. The Balaban J connectivity index is 2.04. The van der Waals surface area contributed by atoms with E-state index in [4.69, 9.17) is 0 Å². The molecular formula is C18H24N2O. The Bertz CT molecular complexity index is 621. The zero-order chi connectivity index (χ0) is 15.4. The van der Waals surface area contributed by atoms with Gasteiger partial charge in [-0.2, -0.15) is 0 Å². The predicted octanol–water partition coefficient (Wildman–Crippen LogP) is 3.36. The Morgan fingerprint density at radius 1 is 1.10 bits per heavy atom. The maximum Gasteiger partial charge on any atom is 0.234 e. The molecule has 0 aromatic heterocycles. The normalized spacial score (nSPS) is 12.9. The van der Waals surface area contributed by atoms with Gasteiger partial charge in [0.15, 0.2) is 0 Å². The van der Waals surface area contributed by atoms with Crippen molar-refractivity contribution >= 4 is 16.7 Å². The average Bonchev–Trinajstić information content (AvgIpc) is 2.46. The summed E-state index contributed by atoms with van der Waals surface area (Å²) in [5.74, 6) is 0.0619. The van der Waals surface area contributed by atoms with E-state index in [9.17, 15) is 4.79 Å². The molecule has 0 aliphatic carbocycles. The van der Waals surface area contributed by atoms with Crippen molar-refractivity contribution in [2.75, 3.05) is 13.6 Å².